The van der Waals surface area contributed by atoms with E-state index < -0.39 is 16.8 Å². The molecule has 0 heterocycles. The maximum absolute atomic E-state index is 13.0. The van der Waals surface area contributed by atoms with E-state index in [1.807, 2.05) is 13.8 Å². The van der Waals surface area contributed by atoms with Crippen LogP contribution in [-0.4, -0.2) is 35.3 Å². The average Bonchev–Trinajstić information content (AvgIpc) is 2.33. The van der Waals surface area contributed by atoms with Crippen LogP contribution in [0.2, 0.25) is 0 Å². The van der Waals surface area contributed by atoms with Crippen LogP contribution in [0.3, 0.4) is 0 Å². The Morgan fingerprint density at radius 1 is 1.53 bits per heavy atom. The Kier molecular flexibility index (Phi) is 5.65. The van der Waals surface area contributed by atoms with E-state index in [0.29, 0.717) is 6.54 Å². The fraction of sp³-hybridized carbons (Fsp3) is 0.500. The maximum Gasteiger partial charge on any atom is 0.311 e. The minimum absolute atomic E-state index is 0.149. The van der Waals surface area contributed by atoms with E-state index in [1.54, 1.807) is 0 Å². The van der Waals surface area contributed by atoms with Crippen molar-refractivity contribution in [2.24, 2.45) is 0 Å². The molecule has 1 aromatic rings. The highest BCUT2D eigenvalue weighted by Crippen LogP contribution is 2.27. The number of aliphatic hydroxyl groups excluding tert-OH is 1. The van der Waals surface area contributed by atoms with Crippen molar-refractivity contribution in [1.82, 2.24) is 5.32 Å². The zero-order valence-electron chi connectivity index (χ0n) is 10.8. The first-order valence-corrected chi connectivity index (χ1v) is 5.88. The van der Waals surface area contributed by atoms with Gasteiger partial charge in [0.15, 0.2) is 5.75 Å². The number of nitro benzene ring substituents is 1. The molecule has 6 nitrogen and oxygen atoms in total. The molecular weight excluding hydrogens is 255 g/mol. The molecule has 0 fully saturated rings. The molecule has 1 unspecified atom stereocenters. The summed E-state index contributed by atoms with van der Waals surface area (Å²) in [4.78, 5) is 10.1. The molecule has 0 aliphatic rings. The summed E-state index contributed by atoms with van der Waals surface area (Å²) < 4.78 is 18.1. The summed E-state index contributed by atoms with van der Waals surface area (Å²) in [6.07, 6.45) is -0.828. The Morgan fingerprint density at radius 3 is 2.79 bits per heavy atom. The van der Waals surface area contributed by atoms with E-state index in [4.69, 9.17) is 4.74 Å². The van der Waals surface area contributed by atoms with Crippen molar-refractivity contribution in [2.75, 3.05) is 13.2 Å². The SMILES string of the molecule is CC(C)NCC(O)COc1cc(F)ccc1[N+](=O)[O-]. The van der Waals surface area contributed by atoms with Crippen LogP contribution in [0.5, 0.6) is 5.75 Å². The van der Waals surface area contributed by atoms with E-state index >= 15 is 0 Å². The van der Waals surface area contributed by atoms with Gasteiger partial charge in [0.25, 0.3) is 0 Å². The lowest BCUT2D eigenvalue weighted by Gasteiger charge is -2.15. The Hall–Kier alpha value is -1.73. The Morgan fingerprint density at radius 2 is 2.21 bits per heavy atom. The summed E-state index contributed by atoms with van der Waals surface area (Å²) in [5, 5.41) is 23.3. The van der Waals surface area contributed by atoms with Crippen LogP contribution in [0.1, 0.15) is 13.8 Å². The van der Waals surface area contributed by atoms with Gasteiger partial charge in [-0.25, -0.2) is 4.39 Å². The number of nitrogens with one attached hydrogen (secondary N) is 1. The molecule has 0 amide bonds. The molecule has 2 N–H and O–H groups in total. The van der Waals surface area contributed by atoms with Crippen molar-refractivity contribution >= 4 is 5.69 Å². The molecule has 0 spiro atoms. The van der Waals surface area contributed by atoms with E-state index in [1.165, 1.54) is 0 Å². The van der Waals surface area contributed by atoms with Crippen LogP contribution >= 0.6 is 0 Å². The van der Waals surface area contributed by atoms with Gasteiger partial charge in [-0.1, -0.05) is 13.8 Å². The van der Waals surface area contributed by atoms with Gasteiger partial charge >= 0.3 is 5.69 Å². The molecule has 106 valence electrons. The highest BCUT2D eigenvalue weighted by Gasteiger charge is 2.17. The predicted octanol–water partition coefficient (Wildman–Crippen LogP) is 1.47. The zero-order valence-corrected chi connectivity index (χ0v) is 10.8. The number of nitrogens with zero attached hydrogens (tertiary/aromatic N) is 1. The molecule has 1 aromatic carbocycles. The summed E-state index contributed by atoms with van der Waals surface area (Å²) in [5.41, 5.74) is -0.328. The topological polar surface area (TPSA) is 84.6 Å². The fourth-order valence-electron chi connectivity index (χ4n) is 1.37. The zero-order chi connectivity index (χ0) is 14.4. The predicted molar refractivity (Wildman–Crippen MR) is 67.7 cm³/mol. The van der Waals surface area contributed by atoms with Gasteiger partial charge in [0.05, 0.1) is 4.92 Å². The third-order valence-corrected chi connectivity index (χ3v) is 2.31. The normalized spacial score (nSPS) is 12.5. The summed E-state index contributed by atoms with van der Waals surface area (Å²) in [6.45, 7) is 3.99. The van der Waals surface area contributed by atoms with Gasteiger partial charge in [-0.2, -0.15) is 0 Å². The molecule has 1 atom stereocenters. The summed E-state index contributed by atoms with van der Waals surface area (Å²) in [5.74, 6) is -0.816. The van der Waals surface area contributed by atoms with Crippen molar-refractivity contribution in [3.8, 4) is 5.75 Å². The van der Waals surface area contributed by atoms with Crippen LogP contribution in [0.4, 0.5) is 10.1 Å². The molecule has 0 saturated carbocycles. The van der Waals surface area contributed by atoms with Crippen LogP contribution in [0.25, 0.3) is 0 Å². The summed E-state index contributed by atoms with van der Waals surface area (Å²) in [7, 11) is 0. The number of aliphatic hydroxyl groups is 1. The van der Waals surface area contributed by atoms with Gasteiger partial charge in [-0.05, 0) is 6.07 Å². The number of halogens is 1. The number of benzene rings is 1. The molecule has 7 heteroatoms. The highest BCUT2D eigenvalue weighted by molar-refractivity contribution is 5.46. The minimum Gasteiger partial charge on any atom is -0.484 e. The van der Waals surface area contributed by atoms with Crippen molar-refractivity contribution in [3.63, 3.8) is 0 Å². The standard InChI is InChI=1S/C12H17FN2O4/c1-8(2)14-6-10(16)7-19-12-5-9(13)3-4-11(12)15(17)18/h3-5,8,10,14,16H,6-7H2,1-2H3. The van der Waals surface area contributed by atoms with Crippen molar-refractivity contribution in [3.05, 3.63) is 34.1 Å². The third kappa shape index (κ3) is 5.19. The summed E-state index contributed by atoms with van der Waals surface area (Å²) >= 11 is 0. The largest absolute Gasteiger partial charge is 0.484 e. The fourth-order valence-corrected chi connectivity index (χ4v) is 1.37. The second kappa shape index (κ2) is 7.01. The molecule has 1 rings (SSSR count). The number of hydrogen-bond donors (Lipinski definition) is 2. The van der Waals surface area contributed by atoms with E-state index in [-0.39, 0.29) is 24.1 Å². The van der Waals surface area contributed by atoms with Crippen LogP contribution in [0.15, 0.2) is 18.2 Å². The molecule has 0 radical (unpaired) electrons. The quantitative estimate of drug-likeness (QED) is 0.580. The van der Waals surface area contributed by atoms with Crippen LogP contribution in [0, 0.1) is 15.9 Å². The first kappa shape index (κ1) is 15.3. The Bertz CT molecular complexity index is 440. The van der Waals surface area contributed by atoms with E-state index in [0.717, 1.165) is 18.2 Å². The monoisotopic (exact) mass is 272 g/mol. The lowest BCUT2D eigenvalue weighted by atomic mass is 10.3. The van der Waals surface area contributed by atoms with Gasteiger partial charge in [-0.15, -0.1) is 0 Å². The van der Waals surface area contributed by atoms with Crippen molar-refractivity contribution in [2.45, 2.75) is 26.0 Å². The number of ether oxygens (including phenoxy) is 1. The number of rotatable bonds is 7. The van der Waals surface area contributed by atoms with Crippen LogP contribution in [-0.2, 0) is 0 Å². The van der Waals surface area contributed by atoms with E-state index in [9.17, 15) is 19.6 Å². The molecular formula is C12H17FN2O4. The van der Waals surface area contributed by atoms with Gasteiger partial charge in [0.1, 0.15) is 18.5 Å². The number of nitro groups is 1. The molecule has 19 heavy (non-hydrogen) atoms. The highest BCUT2D eigenvalue weighted by atomic mass is 19.1. The third-order valence-electron chi connectivity index (χ3n) is 2.31. The van der Waals surface area contributed by atoms with Gasteiger partial charge in [-0.3, -0.25) is 10.1 Å². The van der Waals surface area contributed by atoms with Crippen molar-refractivity contribution < 1.29 is 19.2 Å². The lowest BCUT2D eigenvalue weighted by molar-refractivity contribution is -0.386. The van der Waals surface area contributed by atoms with Crippen molar-refractivity contribution in [1.29, 1.82) is 0 Å². The Labute approximate surface area is 110 Å². The first-order valence-electron chi connectivity index (χ1n) is 5.88. The second-order valence-corrected chi connectivity index (χ2v) is 4.40. The molecule has 0 aliphatic carbocycles. The van der Waals surface area contributed by atoms with E-state index in [2.05, 4.69) is 5.32 Å². The van der Waals surface area contributed by atoms with Gasteiger partial charge in [0.2, 0.25) is 0 Å². The van der Waals surface area contributed by atoms with Gasteiger partial charge in [0, 0.05) is 24.7 Å². The molecule has 0 saturated heterocycles. The Balaban J connectivity index is 2.61. The number of hydrogen-bond acceptors (Lipinski definition) is 5. The molecule has 0 aliphatic heterocycles. The second-order valence-electron chi connectivity index (χ2n) is 4.40. The smallest absolute Gasteiger partial charge is 0.311 e. The average molecular weight is 272 g/mol. The molecule has 0 bridgehead atoms. The van der Waals surface area contributed by atoms with Crippen LogP contribution < -0.4 is 10.1 Å². The summed E-state index contributed by atoms with van der Waals surface area (Å²) in [6, 6.07) is 3.16. The maximum atomic E-state index is 13.0. The minimum atomic E-state index is -0.828. The lowest BCUT2D eigenvalue weighted by Crippen LogP contribution is -2.35. The first-order chi connectivity index (χ1) is 8.90. The van der Waals surface area contributed by atoms with Gasteiger partial charge < -0.3 is 15.2 Å². The molecule has 0 aromatic heterocycles.